The molecule has 0 saturated carbocycles. The number of alkyl halides is 1. The van der Waals surface area contributed by atoms with Crippen LogP contribution in [0.15, 0.2) is 0 Å². The number of carbonyl (C=O) groups excluding carboxylic acids is 1. The van der Waals surface area contributed by atoms with Gasteiger partial charge in [0, 0.05) is 37.8 Å². The minimum absolute atomic E-state index is 0.193. The van der Waals surface area contributed by atoms with Crippen molar-refractivity contribution in [2.24, 2.45) is 5.92 Å². The monoisotopic (exact) mass is 263 g/mol. The molecule has 2 fully saturated rings. The third-order valence-electron chi connectivity index (χ3n) is 3.52. The molecule has 1 amide bonds. The van der Waals surface area contributed by atoms with E-state index in [0.717, 1.165) is 19.5 Å². The average Bonchev–Trinajstić information content (AvgIpc) is 2.87. The first-order chi connectivity index (χ1) is 8.06. The highest BCUT2D eigenvalue weighted by molar-refractivity contribution is 6.22. The van der Waals surface area contributed by atoms with Crippen LogP contribution >= 0.6 is 11.8 Å². The number of nitrogens with one attached hydrogen (secondary N) is 1. The molecule has 6 heteroatoms. The number of hydrogen-bond donors (Lipinski definition) is 1. The van der Waals surface area contributed by atoms with E-state index in [0.29, 0.717) is 12.5 Å². The van der Waals surface area contributed by atoms with Crippen molar-refractivity contribution in [1.29, 1.82) is 0 Å². The molecule has 0 unspecified atom stereocenters. The Balaban J connectivity index is 1.79. The molecule has 17 heavy (non-hydrogen) atoms. The van der Waals surface area contributed by atoms with E-state index in [1.807, 2.05) is 0 Å². The highest BCUT2D eigenvalue weighted by Gasteiger charge is 2.33. The van der Waals surface area contributed by atoms with Crippen molar-refractivity contribution in [3.05, 3.63) is 0 Å². The van der Waals surface area contributed by atoms with Gasteiger partial charge < -0.3 is 10.2 Å². The average molecular weight is 264 g/mol. The van der Waals surface area contributed by atoms with Crippen LogP contribution in [0.2, 0.25) is 0 Å². The van der Waals surface area contributed by atoms with E-state index in [9.17, 15) is 9.18 Å². The number of carbonyl (C=O) groups is 1. The first-order valence-electron chi connectivity index (χ1n) is 6.09. The summed E-state index contributed by atoms with van der Waals surface area (Å²) in [5.41, 5.74) is 0. The highest BCUT2D eigenvalue weighted by atomic mass is 35.5. The summed E-state index contributed by atoms with van der Waals surface area (Å²) in [6, 6.07) is -0.443. The fraction of sp³-hybridized carbons (Fsp3) is 0.909. The van der Waals surface area contributed by atoms with Gasteiger partial charge in [-0.1, -0.05) is 0 Å². The molecule has 0 bridgehead atoms. The van der Waals surface area contributed by atoms with Gasteiger partial charge in [0.2, 0.25) is 0 Å². The second-order valence-corrected chi connectivity index (χ2v) is 5.50. The maximum atomic E-state index is 13.0. The van der Waals surface area contributed by atoms with Gasteiger partial charge in [-0.2, -0.15) is 0 Å². The Kier molecular flexibility index (Phi) is 4.22. The summed E-state index contributed by atoms with van der Waals surface area (Å²) in [4.78, 5) is 14.1. The summed E-state index contributed by atoms with van der Waals surface area (Å²) >= 11 is 5.99. The van der Waals surface area contributed by atoms with Gasteiger partial charge in [-0.3, -0.25) is 9.21 Å². The minimum Gasteiger partial charge on any atom is -0.306 e. The molecule has 2 aliphatic rings. The van der Waals surface area contributed by atoms with Crippen LogP contribution in [0, 0.1) is 5.92 Å². The lowest BCUT2D eigenvalue weighted by Gasteiger charge is -2.21. The van der Waals surface area contributed by atoms with E-state index in [4.69, 9.17) is 11.8 Å². The number of nitrogens with zero attached hydrogens (tertiary/aromatic N) is 2. The summed E-state index contributed by atoms with van der Waals surface area (Å²) < 4.78 is 14.2. The van der Waals surface area contributed by atoms with Crippen molar-refractivity contribution < 1.29 is 9.18 Å². The zero-order valence-corrected chi connectivity index (χ0v) is 10.8. The summed E-state index contributed by atoms with van der Waals surface area (Å²) in [6.07, 6.45) is 0.385. The van der Waals surface area contributed by atoms with Crippen molar-refractivity contribution in [3.8, 4) is 0 Å². The van der Waals surface area contributed by atoms with Crippen molar-refractivity contribution in [2.45, 2.75) is 25.1 Å². The Bertz CT molecular complexity index is 292. The standard InChI is InChI=1S/C11H19ClFN3O/c1-15-3-2-8(6-15)7-16(12)11(17)10-4-9(13)5-14-10/h8-10,14H,2-7H2,1H3/t8-,9+,10-/m0/s1. The van der Waals surface area contributed by atoms with Crippen LogP contribution in [0.4, 0.5) is 4.39 Å². The van der Waals surface area contributed by atoms with Crippen LogP contribution in [0.1, 0.15) is 12.8 Å². The Morgan fingerprint density at radius 1 is 1.65 bits per heavy atom. The molecule has 0 spiro atoms. The third kappa shape index (κ3) is 3.30. The van der Waals surface area contributed by atoms with Crippen molar-refractivity contribution >= 4 is 17.7 Å². The molecular formula is C11H19ClFN3O. The normalized spacial score (nSPS) is 34.2. The fourth-order valence-electron chi connectivity index (χ4n) is 2.54. The van der Waals surface area contributed by atoms with Crippen LogP contribution in [-0.4, -0.2) is 60.7 Å². The van der Waals surface area contributed by atoms with E-state index >= 15 is 0 Å². The zero-order chi connectivity index (χ0) is 12.4. The molecule has 0 aliphatic carbocycles. The van der Waals surface area contributed by atoms with Gasteiger partial charge in [0.1, 0.15) is 6.17 Å². The van der Waals surface area contributed by atoms with E-state index in [1.165, 1.54) is 4.42 Å². The van der Waals surface area contributed by atoms with Crippen LogP contribution in [0.3, 0.4) is 0 Å². The second-order valence-electron chi connectivity index (χ2n) is 5.09. The minimum atomic E-state index is -0.924. The molecule has 0 aromatic carbocycles. The number of hydrogen-bond acceptors (Lipinski definition) is 3. The van der Waals surface area contributed by atoms with Gasteiger partial charge in [0.25, 0.3) is 5.91 Å². The highest BCUT2D eigenvalue weighted by Crippen LogP contribution is 2.19. The maximum Gasteiger partial charge on any atom is 0.254 e. The van der Waals surface area contributed by atoms with Gasteiger partial charge in [-0.15, -0.1) is 0 Å². The van der Waals surface area contributed by atoms with Crippen LogP contribution in [-0.2, 0) is 4.79 Å². The summed E-state index contributed by atoms with van der Waals surface area (Å²) in [5.74, 6) is 0.241. The Morgan fingerprint density at radius 2 is 2.41 bits per heavy atom. The van der Waals surface area contributed by atoms with E-state index in [1.54, 1.807) is 0 Å². The molecule has 0 aromatic heterocycles. The topological polar surface area (TPSA) is 35.6 Å². The fourth-order valence-corrected chi connectivity index (χ4v) is 2.85. The molecule has 2 heterocycles. The largest absolute Gasteiger partial charge is 0.306 e. The first-order valence-corrected chi connectivity index (χ1v) is 6.43. The lowest BCUT2D eigenvalue weighted by molar-refractivity contribution is -0.128. The molecule has 0 radical (unpaired) electrons. The molecule has 4 nitrogen and oxygen atoms in total. The molecule has 2 saturated heterocycles. The van der Waals surface area contributed by atoms with Gasteiger partial charge in [-0.25, -0.2) is 4.39 Å². The van der Waals surface area contributed by atoms with E-state index < -0.39 is 12.2 Å². The van der Waals surface area contributed by atoms with Crippen LogP contribution in [0.5, 0.6) is 0 Å². The number of likely N-dealkylation sites (tertiary alicyclic amines) is 1. The predicted octanol–water partition coefficient (Wildman–Crippen LogP) is 0.620. The molecule has 3 atom stereocenters. The lowest BCUT2D eigenvalue weighted by Crippen LogP contribution is -2.41. The second kappa shape index (κ2) is 5.50. The summed E-state index contributed by atoms with van der Waals surface area (Å²) in [6.45, 7) is 2.84. The summed E-state index contributed by atoms with van der Waals surface area (Å²) in [7, 11) is 2.06. The molecule has 98 valence electrons. The molecule has 2 aliphatic heterocycles. The smallest absolute Gasteiger partial charge is 0.254 e. The Morgan fingerprint density at radius 3 is 2.94 bits per heavy atom. The van der Waals surface area contributed by atoms with Crippen LogP contribution in [0.25, 0.3) is 0 Å². The summed E-state index contributed by atoms with van der Waals surface area (Å²) in [5, 5.41) is 2.86. The number of amides is 1. The molecular weight excluding hydrogens is 245 g/mol. The maximum absolute atomic E-state index is 13.0. The molecule has 1 N–H and O–H groups in total. The number of rotatable bonds is 3. The molecule has 0 aromatic rings. The SMILES string of the molecule is CN1CC[C@H](CN(Cl)C(=O)[C@@H]2C[C@@H](F)CN2)C1. The van der Waals surface area contributed by atoms with Gasteiger partial charge >= 0.3 is 0 Å². The van der Waals surface area contributed by atoms with E-state index in [-0.39, 0.29) is 18.9 Å². The van der Waals surface area contributed by atoms with Gasteiger partial charge in [-0.05, 0) is 25.9 Å². The zero-order valence-electron chi connectivity index (χ0n) is 10.0. The Labute approximate surface area is 106 Å². The predicted molar refractivity (Wildman–Crippen MR) is 64.5 cm³/mol. The van der Waals surface area contributed by atoms with Crippen LogP contribution < -0.4 is 5.32 Å². The first kappa shape index (κ1) is 13.1. The quantitative estimate of drug-likeness (QED) is 0.759. The Hall–Kier alpha value is -0.390. The molecule has 2 rings (SSSR count). The third-order valence-corrected chi connectivity index (χ3v) is 3.83. The van der Waals surface area contributed by atoms with E-state index in [2.05, 4.69) is 17.3 Å². The van der Waals surface area contributed by atoms with Crippen molar-refractivity contribution in [3.63, 3.8) is 0 Å². The van der Waals surface area contributed by atoms with Crippen molar-refractivity contribution in [2.75, 3.05) is 33.2 Å². The van der Waals surface area contributed by atoms with Gasteiger partial charge in [0.15, 0.2) is 0 Å². The van der Waals surface area contributed by atoms with Crippen molar-refractivity contribution in [1.82, 2.24) is 14.6 Å². The number of halogens is 2. The lowest BCUT2D eigenvalue weighted by atomic mass is 10.1. The van der Waals surface area contributed by atoms with Gasteiger partial charge in [0.05, 0.1) is 6.04 Å².